The van der Waals surface area contributed by atoms with Gasteiger partial charge >= 0.3 is 0 Å². The van der Waals surface area contributed by atoms with Crippen molar-refractivity contribution in [1.29, 1.82) is 0 Å². The molecule has 0 radical (unpaired) electrons. The Morgan fingerprint density at radius 3 is 2.50 bits per heavy atom. The zero-order chi connectivity index (χ0) is 15.1. The van der Waals surface area contributed by atoms with E-state index in [1.165, 1.54) is 16.1 Å². The maximum Gasteiger partial charge on any atom is 0.277 e. The Balaban J connectivity index is 2.36. The Bertz CT molecular complexity index is 512. The monoisotopic (exact) mass is 284 g/mol. The Morgan fingerprint density at radius 1 is 1.35 bits per heavy atom. The number of hydrogen-bond acceptors (Lipinski definition) is 6. The van der Waals surface area contributed by atoms with E-state index in [1.54, 1.807) is 25.6 Å². The number of rotatable bonds is 4. The van der Waals surface area contributed by atoms with Gasteiger partial charge in [0.2, 0.25) is 6.35 Å². The zero-order valence-corrected chi connectivity index (χ0v) is 11.8. The van der Waals surface area contributed by atoms with Crippen molar-refractivity contribution in [2.24, 2.45) is 12.5 Å². The Morgan fingerprint density at radius 2 is 1.95 bits per heavy atom. The fraction of sp³-hybridized carbons (Fsp3) is 0.667. The van der Waals surface area contributed by atoms with Gasteiger partial charge in [0.15, 0.2) is 11.5 Å². The van der Waals surface area contributed by atoms with Crippen molar-refractivity contribution >= 4 is 11.7 Å². The maximum absolute atomic E-state index is 12.5. The summed E-state index contributed by atoms with van der Waals surface area (Å²) in [6, 6.07) is 0. The molecule has 8 nitrogen and oxygen atoms in total. The molecule has 1 unspecified atom stereocenters. The van der Waals surface area contributed by atoms with Gasteiger partial charge in [0, 0.05) is 26.1 Å². The maximum atomic E-state index is 12.5. The minimum atomic E-state index is -1.18. The van der Waals surface area contributed by atoms with Crippen LogP contribution in [0.5, 0.6) is 0 Å². The molecule has 0 spiro atoms. The number of nitrogens with zero attached hydrogens (tertiary/aromatic N) is 4. The van der Waals surface area contributed by atoms with E-state index in [-0.39, 0.29) is 25.7 Å². The molecule has 1 aliphatic heterocycles. The molecule has 0 bridgehead atoms. The van der Waals surface area contributed by atoms with Gasteiger partial charge in [0.25, 0.3) is 5.91 Å². The molecule has 3 N–H and O–H groups in total. The number of fused-ring (bicyclic) bond motifs is 1. The highest BCUT2D eigenvalue weighted by molar-refractivity contribution is 5.99. The first-order valence-electron chi connectivity index (χ1n) is 6.29. The van der Waals surface area contributed by atoms with Crippen LogP contribution in [-0.2, 0) is 7.05 Å². The number of aryl methyl sites for hydroxylation is 1. The highest BCUT2D eigenvalue weighted by Crippen LogP contribution is 2.29. The summed E-state index contributed by atoms with van der Waals surface area (Å²) in [5.74, 6) is 0.0367. The zero-order valence-electron chi connectivity index (χ0n) is 11.8. The summed E-state index contributed by atoms with van der Waals surface area (Å²) in [6.45, 7) is 1.10. The Hall–Kier alpha value is -1.64. The van der Waals surface area contributed by atoms with Crippen molar-refractivity contribution in [1.82, 2.24) is 14.5 Å². The SMILES string of the molecule is CN1c2ncn(C)c2C(=O)N(CC(C)(CO)CO)C1O. The summed E-state index contributed by atoms with van der Waals surface area (Å²) in [7, 11) is 3.33. The van der Waals surface area contributed by atoms with Gasteiger partial charge < -0.3 is 24.8 Å². The van der Waals surface area contributed by atoms with E-state index in [4.69, 9.17) is 0 Å². The molecule has 1 amide bonds. The third-order valence-electron chi connectivity index (χ3n) is 3.66. The van der Waals surface area contributed by atoms with Gasteiger partial charge in [-0.15, -0.1) is 0 Å². The van der Waals surface area contributed by atoms with Crippen molar-refractivity contribution in [2.75, 3.05) is 31.7 Å². The van der Waals surface area contributed by atoms with Crippen molar-refractivity contribution in [3.63, 3.8) is 0 Å². The van der Waals surface area contributed by atoms with Crippen molar-refractivity contribution in [3.05, 3.63) is 12.0 Å². The first kappa shape index (κ1) is 14.8. The van der Waals surface area contributed by atoms with E-state index in [2.05, 4.69) is 4.98 Å². The van der Waals surface area contributed by atoms with Crippen LogP contribution >= 0.6 is 0 Å². The highest BCUT2D eigenvalue weighted by Gasteiger charge is 2.41. The fourth-order valence-electron chi connectivity index (χ4n) is 2.20. The Labute approximate surface area is 116 Å². The number of amides is 1. The van der Waals surface area contributed by atoms with Gasteiger partial charge in [-0.05, 0) is 0 Å². The molecule has 0 saturated carbocycles. The lowest BCUT2D eigenvalue weighted by atomic mass is 9.92. The van der Waals surface area contributed by atoms with Crippen LogP contribution in [0.25, 0.3) is 0 Å². The third kappa shape index (κ3) is 2.15. The normalized spacial score (nSPS) is 19.5. The van der Waals surface area contributed by atoms with Crippen molar-refractivity contribution in [3.8, 4) is 0 Å². The molecule has 112 valence electrons. The van der Waals surface area contributed by atoms with Gasteiger partial charge in [-0.1, -0.05) is 6.92 Å². The predicted molar refractivity (Wildman–Crippen MR) is 70.9 cm³/mol. The van der Waals surface area contributed by atoms with E-state index in [1.807, 2.05) is 0 Å². The summed E-state index contributed by atoms with van der Waals surface area (Å²) in [5, 5.41) is 28.9. The lowest BCUT2D eigenvalue weighted by Gasteiger charge is -2.42. The van der Waals surface area contributed by atoms with Crippen LogP contribution in [0, 0.1) is 5.41 Å². The van der Waals surface area contributed by atoms with Crippen molar-refractivity contribution < 1.29 is 20.1 Å². The molecule has 20 heavy (non-hydrogen) atoms. The molecule has 2 heterocycles. The summed E-state index contributed by atoms with van der Waals surface area (Å²) >= 11 is 0. The second-order valence-corrected chi connectivity index (χ2v) is 5.54. The van der Waals surface area contributed by atoms with E-state index in [0.717, 1.165) is 0 Å². The molecule has 1 atom stereocenters. The molecule has 8 heteroatoms. The molecule has 1 aromatic heterocycles. The number of anilines is 1. The smallest absolute Gasteiger partial charge is 0.277 e. The molecule has 1 aliphatic rings. The van der Waals surface area contributed by atoms with Crippen LogP contribution < -0.4 is 4.90 Å². The second-order valence-electron chi connectivity index (χ2n) is 5.54. The van der Waals surface area contributed by atoms with Crippen LogP contribution in [0.3, 0.4) is 0 Å². The van der Waals surface area contributed by atoms with Gasteiger partial charge in [-0.2, -0.15) is 0 Å². The molecule has 1 aromatic rings. The fourth-order valence-corrected chi connectivity index (χ4v) is 2.20. The first-order chi connectivity index (χ1) is 9.34. The molecular weight excluding hydrogens is 264 g/mol. The molecule has 0 aliphatic carbocycles. The second kappa shape index (κ2) is 5.04. The molecule has 0 fully saturated rings. The van der Waals surface area contributed by atoms with E-state index >= 15 is 0 Å². The summed E-state index contributed by atoms with van der Waals surface area (Å²) < 4.78 is 1.59. The number of aliphatic hydroxyl groups is 3. The number of aromatic nitrogens is 2. The first-order valence-corrected chi connectivity index (χ1v) is 6.29. The van der Waals surface area contributed by atoms with Gasteiger partial charge in [0.1, 0.15) is 0 Å². The molecular formula is C12H20N4O4. The average Bonchev–Trinajstić information content (AvgIpc) is 2.83. The number of aliphatic hydroxyl groups excluding tert-OH is 3. The van der Waals surface area contributed by atoms with E-state index < -0.39 is 11.8 Å². The third-order valence-corrected chi connectivity index (χ3v) is 3.66. The van der Waals surface area contributed by atoms with Crippen molar-refractivity contribution in [2.45, 2.75) is 13.3 Å². The number of carbonyl (C=O) groups excluding carboxylic acids is 1. The summed E-state index contributed by atoms with van der Waals surface area (Å²) in [5.41, 5.74) is -0.510. The van der Waals surface area contributed by atoms with Crippen LogP contribution in [0.2, 0.25) is 0 Å². The van der Waals surface area contributed by atoms with Gasteiger partial charge in [0.05, 0.1) is 19.5 Å². The van der Waals surface area contributed by atoms with E-state index in [9.17, 15) is 20.1 Å². The minimum absolute atomic E-state index is 0.0367. The van der Waals surface area contributed by atoms with Crippen LogP contribution in [0.4, 0.5) is 5.82 Å². The highest BCUT2D eigenvalue weighted by atomic mass is 16.3. The quantitative estimate of drug-likeness (QED) is 0.627. The van der Waals surface area contributed by atoms with Crippen LogP contribution in [0.1, 0.15) is 17.4 Å². The van der Waals surface area contributed by atoms with Crippen LogP contribution in [-0.4, -0.2) is 68.8 Å². The Kier molecular flexibility index (Phi) is 3.72. The molecule has 2 rings (SSSR count). The van der Waals surface area contributed by atoms with Crippen LogP contribution in [0.15, 0.2) is 6.33 Å². The lowest BCUT2D eigenvalue weighted by molar-refractivity contribution is -0.0341. The average molecular weight is 284 g/mol. The van der Waals surface area contributed by atoms with Gasteiger partial charge in [-0.25, -0.2) is 4.98 Å². The molecule has 0 saturated heterocycles. The summed E-state index contributed by atoms with van der Waals surface area (Å²) in [4.78, 5) is 19.3. The predicted octanol–water partition coefficient (Wildman–Crippen LogP) is -1.42. The lowest BCUT2D eigenvalue weighted by Crippen LogP contribution is -2.57. The van der Waals surface area contributed by atoms with Gasteiger partial charge in [-0.3, -0.25) is 9.69 Å². The van der Waals surface area contributed by atoms with E-state index in [0.29, 0.717) is 11.5 Å². The standard InChI is InChI=1S/C12H20N4O4/c1-12(5-17,6-18)4-16-10(19)8-9(13-7-14(8)2)15(3)11(16)20/h7,11,17-18,20H,4-6H2,1-3H3. The largest absolute Gasteiger partial charge is 0.396 e. The number of carbonyl (C=O) groups is 1. The summed E-state index contributed by atoms with van der Waals surface area (Å²) in [6.07, 6.45) is 0.328. The molecule has 0 aromatic carbocycles. The number of hydrogen-bond donors (Lipinski definition) is 3. The minimum Gasteiger partial charge on any atom is -0.396 e. The number of imidazole rings is 1. The topological polar surface area (TPSA) is 102 Å².